The van der Waals surface area contributed by atoms with E-state index in [9.17, 15) is 14.4 Å². The minimum absolute atomic E-state index is 0.0827. The molecule has 1 saturated heterocycles. The van der Waals surface area contributed by atoms with E-state index in [2.05, 4.69) is 5.32 Å². The summed E-state index contributed by atoms with van der Waals surface area (Å²) in [5, 5.41) is 2.67. The first-order valence-corrected chi connectivity index (χ1v) is 8.93. The SMILES string of the molecule is CC(C)[C@@H](NC(=O)OCc1ccccc1)C(=O)N1CCC(C(N)=O)CC1. The zero-order valence-corrected chi connectivity index (χ0v) is 15.3. The Kier molecular flexibility index (Phi) is 7.00. The summed E-state index contributed by atoms with van der Waals surface area (Å²) in [5.41, 5.74) is 6.21. The number of amides is 3. The van der Waals surface area contributed by atoms with Crippen molar-refractivity contribution in [2.75, 3.05) is 13.1 Å². The Morgan fingerprint density at radius 2 is 1.81 bits per heavy atom. The number of carbonyl (C=O) groups is 3. The summed E-state index contributed by atoms with van der Waals surface area (Å²) in [6.07, 6.45) is 0.502. The van der Waals surface area contributed by atoms with E-state index >= 15 is 0 Å². The first-order valence-electron chi connectivity index (χ1n) is 8.93. The van der Waals surface area contributed by atoms with Crippen molar-refractivity contribution >= 4 is 17.9 Å². The first kappa shape index (κ1) is 19.8. The number of nitrogens with zero attached hydrogens (tertiary/aromatic N) is 1. The second kappa shape index (κ2) is 9.22. The molecule has 2 rings (SSSR count). The third kappa shape index (κ3) is 5.47. The number of nitrogens with two attached hydrogens (primary N) is 1. The molecule has 142 valence electrons. The second-order valence-corrected chi connectivity index (χ2v) is 6.93. The normalized spacial score (nSPS) is 16.2. The molecule has 0 spiro atoms. The second-order valence-electron chi connectivity index (χ2n) is 6.93. The summed E-state index contributed by atoms with van der Waals surface area (Å²) in [5.74, 6) is -0.735. The Hall–Kier alpha value is -2.57. The van der Waals surface area contributed by atoms with Gasteiger partial charge in [-0.3, -0.25) is 9.59 Å². The van der Waals surface area contributed by atoms with E-state index in [1.165, 1.54) is 0 Å². The fraction of sp³-hybridized carbons (Fsp3) is 0.526. The van der Waals surface area contributed by atoms with Gasteiger partial charge in [0.1, 0.15) is 12.6 Å². The highest BCUT2D eigenvalue weighted by molar-refractivity contribution is 5.86. The molecule has 26 heavy (non-hydrogen) atoms. The molecule has 1 aliphatic heterocycles. The van der Waals surface area contributed by atoms with Crippen LogP contribution < -0.4 is 11.1 Å². The van der Waals surface area contributed by atoms with Gasteiger partial charge in [-0.1, -0.05) is 44.2 Å². The van der Waals surface area contributed by atoms with E-state index in [0.717, 1.165) is 5.56 Å². The number of likely N-dealkylation sites (tertiary alicyclic amines) is 1. The third-order valence-corrected chi connectivity index (χ3v) is 4.63. The van der Waals surface area contributed by atoms with Crippen molar-refractivity contribution in [1.29, 1.82) is 0 Å². The maximum Gasteiger partial charge on any atom is 0.408 e. The van der Waals surface area contributed by atoms with Gasteiger partial charge in [0.25, 0.3) is 0 Å². The summed E-state index contributed by atoms with van der Waals surface area (Å²) in [6, 6.07) is 8.68. The number of carbonyl (C=O) groups excluding carboxylic acids is 3. The van der Waals surface area contributed by atoms with Crippen LogP contribution in [-0.2, 0) is 20.9 Å². The van der Waals surface area contributed by atoms with Crippen LogP contribution in [0, 0.1) is 11.8 Å². The predicted molar refractivity (Wildman–Crippen MR) is 96.9 cm³/mol. The Balaban J connectivity index is 1.88. The van der Waals surface area contributed by atoms with Crippen molar-refractivity contribution in [3.8, 4) is 0 Å². The fourth-order valence-electron chi connectivity index (χ4n) is 2.99. The van der Waals surface area contributed by atoms with Gasteiger partial charge in [-0.2, -0.15) is 0 Å². The average molecular weight is 361 g/mol. The van der Waals surface area contributed by atoms with E-state index in [-0.39, 0.29) is 30.3 Å². The van der Waals surface area contributed by atoms with Crippen molar-refractivity contribution in [1.82, 2.24) is 10.2 Å². The van der Waals surface area contributed by atoms with Crippen LogP contribution in [0.1, 0.15) is 32.3 Å². The van der Waals surface area contributed by atoms with Crippen LogP contribution in [0.3, 0.4) is 0 Å². The number of nitrogens with one attached hydrogen (secondary N) is 1. The number of ether oxygens (including phenoxy) is 1. The van der Waals surface area contributed by atoms with Crippen LogP contribution in [0.4, 0.5) is 4.79 Å². The molecule has 1 heterocycles. The van der Waals surface area contributed by atoms with E-state index in [4.69, 9.17) is 10.5 Å². The summed E-state index contributed by atoms with van der Waals surface area (Å²) < 4.78 is 5.21. The number of benzene rings is 1. The molecule has 0 aromatic heterocycles. The maximum absolute atomic E-state index is 12.8. The molecule has 0 bridgehead atoms. The van der Waals surface area contributed by atoms with Gasteiger partial charge in [-0.25, -0.2) is 4.79 Å². The van der Waals surface area contributed by atoms with Crippen molar-refractivity contribution in [3.63, 3.8) is 0 Å². The molecule has 3 amide bonds. The number of hydrogen-bond donors (Lipinski definition) is 2. The standard InChI is InChI=1S/C19H27N3O4/c1-13(2)16(18(24)22-10-8-15(9-11-22)17(20)23)21-19(25)26-12-14-6-4-3-5-7-14/h3-7,13,15-16H,8-12H2,1-2H3,(H2,20,23)(H,21,25)/t16-/m1/s1. The molecule has 3 N–H and O–H groups in total. The number of piperidine rings is 1. The number of primary amides is 1. The Labute approximate surface area is 153 Å². The van der Waals surface area contributed by atoms with Crippen molar-refractivity contribution < 1.29 is 19.1 Å². The Morgan fingerprint density at radius 1 is 1.19 bits per heavy atom. The van der Waals surface area contributed by atoms with Crippen LogP contribution in [0.25, 0.3) is 0 Å². The van der Waals surface area contributed by atoms with Crippen molar-refractivity contribution in [3.05, 3.63) is 35.9 Å². The minimum Gasteiger partial charge on any atom is -0.445 e. The van der Waals surface area contributed by atoms with Gasteiger partial charge in [0.05, 0.1) is 0 Å². The molecular weight excluding hydrogens is 334 g/mol. The Bertz CT molecular complexity index is 625. The lowest BCUT2D eigenvalue weighted by atomic mass is 9.94. The number of hydrogen-bond acceptors (Lipinski definition) is 4. The molecule has 1 atom stereocenters. The summed E-state index contributed by atoms with van der Waals surface area (Å²) in [6.45, 7) is 4.83. The maximum atomic E-state index is 12.8. The van der Waals surface area contributed by atoms with Crippen LogP contribution in [0.15, 0.2) is 30.3 Å². The van der Waals surface area contributed by atoms with Gasteiger partial charge >= 0.3 is 6.09 Å². The smallest absolute Gasteiger partial charge is 0.408 e. The predicted octanol–water partition coefficient (Wildman–Crippen LogP) is 1.66. The number of alkyl carbamates (subject to hydrolysis) is 1. The molecule has 1 fully saturated rings. The van der Waals surface area contributed by atoms with E-state index < -0.39 is 12.1 Å². The van der Waals surface area contributed by atoms with Crippen LogP contribution in [-0.4, -0.2) is 41.9 Å². The summed E-state index contributed by atoms with van der Waals surface area (Å²) in [4.78, 5) is 37.8. The lowest BCUT2D eigenvalue weighted by molar-refractivity contribution is -0.137. The molecule has 1 aromatic carbocycles. The highest BCUT2D eigenvalue weighted by Gasteiger charge is 2.32. The fourth-order valence-corrected chi connectivity index (χ4v) is 2.99. The number of rotatable bonds is 6. The van der Waals surface area contributed by atoms with Gasteiger partial charge in [0.15, 0.2) is 0 Å². The topological polar surface area (TPSA) is 102 Å². The van der Waals surface area contributed by atoms with Gasteiger partial charge in [0, 0.05) is 19.0 Å². The third-order valence-electron chi connectivity index (χ3n) is 4.63. The van der Waals surface area contributed by atoms with Crippen LogP contribution in [0.5, 0.6) is 0 Å². The Morgan fingerprint density at radius 3 is 2.35 bits per heavy atom. The molecule has 7 heteroatoms. The lowest BCUT2D eigenvalue weighted by Crippen LogP contribution is -2.53. The zero-order chi connectivity index (χ0) is 19.1. The highest BCUT2D eigenvalue weighted by Crippen LogP contribution is 2.18. The van der Waals surface area contributed by atoms with Gasteiger partial charge < -0.3 is 20.7 Å². The molecule has 0 unspecified atom stereocenters. The zero-order valence-electron chi connectivity index (χ0n) is 15.3. The molecule has 0 aliphatic carbocycles. The van der Waals surface area contributed by atoms with Gasteiger partial charge in [0.2, 0.25) is 11.8 Å². The molecule has 0 saturated carbocycles. The van der Waals surface area contributed by atoms with Gasteiger partial charge in [-0.15, -0.1) is 0 Å². The average Bonchev–Trinajstić information content (AvgIpc) is 2.64. The van der Waals surface area contributed by atoms with Gasteiger partial charge in [-0.05, 0) is 24.3 Å². The molecule has 0 radical (unpaired) electrons. The van der Waals surface area contributed by atoms with E-state index in [1.807, 2.05) is 44.2 Å². The van der Waals surface area contributed by atoms with E-state index in [0.29, 0.717) is 25.9 Å². The van der Waals surface area contributed by atoms with E-state index in [1.54, 1.807) is 4.90 Å². The molecule has 1 aromatic rings. The minimum atomic E-state index is -0.664. The molecule has 1 aliphatic rings. The highest BCUT2D eigenvalue weighted by atomic mass is 16.5. The van der Waals surface area contributed by atoms with Crippen molar-refractivity contribution in [2.45, 2.75) is 39.3 Å². The van der Waals surface area contributed by atoms with Crippen LogP contribution in [0.2, 0.25) is 0 Å². The monoisotopic (exact) mass is 361 g/mol. The summed E-state index contributed by atoms with van der Waals surface area (Å²) in [7, 11) is 0. The largest absolute Gasteiger partial charge is 0.445 e. The quantitative estimate of drug-likeness (QED) is 0.804. The molecule has 7 nitrogen and oxygen atoms in total. The lowest BCUT2D eigenvalue weighted by Gasteiger charge is -2.34. The first-order chi connectivity index (χ1) is 12.4. The van der Waals surface area contributed by atoms with Crippen LogP contribution >= 0.6 is 0 Å². The summed E-state index contributed by atoms with van der Waals surface area (Å²) >= 11 is 0. The molecular formula is C19H27N3O4. The van der Waals surface area contributed by atoms with Crippen molar-refractivity contribution in [2.24, 2.45) is 17.6 Å².